The number of thiazole rings is 2. The number of ether oxygens (including phenoxy) is 1. The Morgan fingerprint density at radius 3 is 2.54 bits per heavy atom. The van der Waals surface area contributed by atoms with Crippen LogP contribution in [-0.4, -0.2) is 52.0 Å². The number of azo groups is 1. The Morgan fingerprint density at radius 1 is 1.05 bits per heavy atom. The summed E-state index contributed by atoms with van der Waals surface area (Å²) < 4.78 is 6.63. The zero-order chi connectivity index (χ0) is 29.0. The molecule has 0 fully saturated rings. The molecule has 41 heavy (non-hydrogen) atoms. The molecule has 0 bridgehead atoms. The van der Waals surface area contributed by atoms with E-state index in [-0.39, 0.29) is 17.2 Å². The maximum absolute atomic E-state index is 13.4. The Morgan fingerprint density at radius 2 is 1.83 bits per heavy atom. The van der Waals surface area contributed by atoms with Gasteiger partial charge in [0, 0.05) is 46.7 Å². The Hall–Kier alpha value is -4.30. The second kappa shape index (κ2) is 14.9. The van der Waals surface area contributed by atoms with E-state index in [1.165, 1.54) is 27.4 Å². The lowest BCUT2D eigenvalue weighted by Crippen LogP contribution is -2.27. The molecule has 13 heteroatoms. The van der Waals surface area contributed by atoms with Gasteiger partial charge in [-0.1, -0.05) is 56.3 Å². The summed E-state index contributed by atoms with van der Waals surface area (Å²) in [5, 5.41) is 18.9. The standard InChI is InChI=1S/C26H24N8O3S2.C2H6/c27-10-13-37-14-11-28-23(35)19-8-6-17(7-9-19)20-16-39-26(30-20)34-24(36)22(31-32-25-29-12-15-38-25)21(33-34)18-4-2-1-3-5-18;1-2/h1-9,12,15-16,33H,10-11,13-14,27H2,(H,28,35);1-2H3. The lowest BCUT2D eigenvalue weighted by Gasteiger charge is -2.06. The highest BCUT2D eigenvalue weighted by Crippen LogP contribution is 2.30. The number of H-pyrrole nitrogens is 1. The minimum atomic E-state index is -0.377. The molecule has 0 spiro atoms. The fourth-order valence-electron chi connectivity index (χ4n) is 3.64. The van der Waals surface area contributed by atoms with E-state index in [0.717, 1.165) is 11.1 Å². The molecular weight excluding hydrogens is 560 g/mol. The number of aromatic nitrogens is 4. The van der Waals surface area contributed by atoms with Crippen LogP contribution in [-0.2, 0) is 4.74 Å². The molecular formula is C28H30N8O3S2. The molecule has 5 rings (SSSR count). The summed E-state index contributed by atoms with van der Waals surface area (Å²) in [5.41, 5.74) is 8.50. The first-order valence-corrected chi connectivity index (χ1v) is 14.7. The number of aromatic amines is 1. The van der Waals surface area contributed by atoms with Gasteiger partial charge in [-0.25, -0.2) is 9.97 Å². The minimum Gasteiger partial charge on any atom is -0.378 e. The summed E-state index contributed by atoms with van der Waals surface area (Å²) in [6.07, 6.45) is 1.63. The van der Waals surface area contributed by atoms with E-state index in [9.17, 15) is 9.59 Å². The molecule has 0 radical (unpaired) electrons. The SMILES string of the molecule is CC.NCCOCCNC(=O)c1ccc(-c2csc(-n3[nH]c(-c4ccccc4)c(N=Nc4nccs4)c3=O)n2)cc1. The van der Waals surface area contributed by atoms with Gasteiger partial charge < -0.3 is 15.8 Å². The first-order valence-electron chi connectivity index (χ1n) is 13.0. The van der Waals surface area contributed by atoms with Crippen LogP contribution in [0.25, 0.3) is 27.6 Å². The van der Waals surface area contributed by atoms with Crippen LogP contribution in [0.15, 0.2) is 86.6 Å². The van der Waals surface area contributed by atoms with Crippen LogP contribution in [0.1, 0.15) is 24.2 Å². The third kappa shape index (κ3) is 7.46. The summed E-state index contributed by atoms with van der Waals surface area (Å²) >= 11 is 2.64. The van der Waals surface area contributed by atoms with E-state index < -0.39 is 0 Å². The summed E-state index contributed by atoms with van der Waals surface area (Å²) in [6.45, 7) is 5.71. The van der Waals surface area contributed by atoms with Crippen molar-refractivity contribution in [3.63, 3.8) is 0 Å². The first kappa shape index (κ1) is 29.7. The van der Waals surface area contributed by atoms with E-state index in [2.05, 4.69) is 30.6 Å². The molecule has 0 saturated carbocycles. The molecule has 0 aliphatic rings. The molecule has 3 heterocycles. The van der Waals surface area contributed by atoms with Crippen molar-refractivity contribution in [1.82, 2.24) is 25.1 Å². The van der Waals surface area contributed by atoms with Gasteiger partial charge >= 0.3 is 5.56 Å². The van der Waals surface area contributed by atoms with Gasteiger partial charge in [0.05, 0.1) is 24.6 Å². The molecule has 0 unspecified atom stereocenters. The van der Waals surface area contributed by atoms with Gasteiger partial charge in [0.1, 0.15) is 0 Å². The third-order valence-corrected chi connectivity index (χ3v) is 6.99. The maximum atomic E-state index is 13.4. The molecule has 3 aromatic heterocycles. The summed E-state index contributed by atoms with van der Waals surface area (Å²) in [4.78, 5) is 34.5. The largest absolute Gasteiger partial charge is 0.378 e. The lowest BCUT2D eigenvalue weighted by molar-refractivity contribution is 0.0920. The molecule has 5 aromatic rings. The minimum absolute atomic E-state index is 0.164. The topological polar surface area (TPSA) is 153 Å². The van der Waals surface area contributed by atoms with Crippen molar-refractivity contribution in [2.24, 2.45) is 16.0 Å². The van der Waals surface area contributed by atoms with E-state index in [1.807, 2.05) is 61.7 Å². The zero-order valence-electron chi connectivity index (χ0n) is 22.6. The number of carbonyl (C=O) groups is 1. The van der Waals surface area contributed by atoms with Crippen LogP contribution in [0.5, 0.6) is 0 Å². The molecule has 0 aliphatic carbocycles. The van der Waals surface area contributed by atoms with Crippen LogP contribution in [0.4, 0.5) is 10.8 Å². The Balaban J connectivity index is 0.00000189. The van der Waals surface area contributed by atoms with Crippen LogP contribution in [0.2, 0.25) is 0 Å². The molecule has 1 amide bonds. The van der Waals surface area contributed by atoms with Gasteiger partial charge in [-0.2, -0.15) is 4.68 Å². The highest BCUT2D eigenvalue weighted by molar-refractivity contribution is 7.13. The van der Waals surface area contributed by atoms with Gasteiger partial charge in [0.2, 0.25) is 10.3 Å². The van der Waals surface area contributed by atoms with Gasteiger partial charge in [0.15, 0.2) is 5.69 Å². The lowest BCUT2D eigenvalue weighted by atomic mass is 10.1. The highest BCUT2D eigenvalue weighted by Gasteiger charge is 2.19. The molecule has 212 valence electrons. The molecule has 0 aliphatic heterocycles. The quantitative estimate of drug-likeness (QED) is 0.135. The number of benzene rings is 2. The Kier molecular flexibility index (Phi) is 10.8. The van der Waals surface area contributed by atoms with Crippen LogP contribution >= 0.6 is 22.7 Å². The predicted molar refractivity (Wildman–Crippen MR) is 163 cm³/mol. The van der Waals surface area contributed by atoms with E-state index in [0.29, 0.717) is 53.5 Å². The van der Waals surface area contributed by atoms with Crippen LogP contribution in [0.3, 0.4) is 0 Å². The number of hydrogen-bond donors (Lipinski definition) is 3. The van der Waals surface area contributed by atoms with Crippen molar-refractivity contribution in [3.8, 4) is 27.6 Å². The average Bonchev–Trinajstić information content (AvgIpc) is 3.78. The number of amides is 1. The van der Waals surface area contributed by atoms with Gasteiger partial charge in [-0.15, -0.1) is 32.9 Å². The van der Waals surface area contributed by atoms with Crippen LogP contribution in [0, 0.1) is 0 Å². The molecule has 4 N–H and O–H groups in total. The number of nitrogens with one attached hydrogen (secondary N) is 2. The fraction of sp³-hybridized carbons (Fsp3) is 0.214. The van der Waals surface area contributed by atoms with Gasteiger partial charge in [-0.3, -0.25) is 14.7 Å². The summed E-state index contributed by atoms with van der Waals surface area (Å²) in [6, 6.07) is 16.5. The third-order valence-electron chi connectivity index (χ3n) is 5.50. The van der Waals surface area contributed by atoms with E-state index in [4.69, 9.17) is 10.5 Å². The second-order valence-electron chi connectivity index (χ2n) is 8.11. The Bertz CT molecular complexity index is 1610. The average molecular weight is 591 g/mol. The number of carbonyl (C=O) groups excluding carboxylic acids is 1. The summed E-state index contributed by atoms with van der Waals surface area (Å²) in [7, 11) is 0. The maximum Gasteiger partial charge on any atom is 0.301 e. The van der Waals surface area contributed by atoms with Crippen molar-refractivity contribution in [1.29, 1.82) is 0 Å². The van der Waals surface area contributed by atoms with E-state index >= 15 is 0 Å². The van der Waals surface area contributed by atoms with Crippen molar-refractivity contribution >= 4 is 39.4 Å². The Labute approximate surface area is 244 Å². The first-order chi connectivity index (χ1) is 20.1. The molecule has 11 nitrogen and oxygen atoms in total. The van der Waals surface area contributed by atoms with Crippen molar-refractivity contribution in [2.75, 3.05) is 26.3 Å². The number of nitrogens with zero attached hydrogens (tertiary/aromatic N) is 5. The zero-order valence-corrected chi connectivity index (χ0v) is 24.2. The highest BCUT2D eigenvalue weighted by atomic mass is 32.1. The van der Waals surface area contributed by atoms with Crippen molar-refractivity contribution in [3.05, 3.63) is 87.5 Å². The number of hydrogen-bond acceptors (Lipinski definition) is 10. The smallest absolute Gasteiger partial charge is 0.301 e. The fourth-order valence-corrected chi connectivity index (χ4v) is 4.88. The van der Waals surface area contributed by atoms with Crippen molar-refractivity contribution in [2.45, 2.75) is 13.8 Å². The summed E-state index contributed by atoms with van der Waals surface area (Å²) in [5.74, 6) is -0.192. The molecule has 0 atom stereocenters. The normalized spacial score (nSPS) is 10.9. The molecule has 2 aromatic carbocycles. The second-order valence-corrected chi connectivity index (χ2v) is 9.82. The van der Waals surface area contributed by atoms with Gasteiger partial charge in [-0.05, 0) is 12.1 Å². The number of nitrogens with two attached hydrogens (primary N) is 1. The van der Waals surface area contributed by atoms with E-state index in [1.54, 1.807) is 23.7 Å². The number of rotatable bonds is 11. The van der Waals surface area contributed by atoms with Crippen molar-refractivity contribution < 1.29 is 9.53 Å². The van der Waals surface area contributed by atoms with Gasteiger partial charge in [0.25, 0.3) is 5.91 Å². The van der Waals surface area contributed by atoms with Crippen LogP contribution < -0.4 is 16.6 Å². The molecule has 0 saturated heterocycles. The predicted octanol–water partition coefficient (Wildman–Crippen LogP) is 5.56. The monoisotopic (exact) mass is 590 g/mol.